The lowest BCUT2D eigenvalue weighted by molar-refractivity contribution is -0.230. The van der Waals surface area contributed by atoms with E-state index in [0.717, 1.165) is 0 Å². The number of hydrogen-bond acceptors (Lipinski definition) is 6. The van der Waals surface area contributed by atoms with Crippen LogP contribution in [0, 0.1) is 0 Å². The van der Waals surface area contributed by atoms with Gasteiger partial charge in [-0.1, -0.05) is 0 Å². The van der Waals surface area contributed by atoms with Crippen LogP contribution < -0.4 is 0 Å². The summed E-state index contributed by atoms with van der Waals surface area (Å²) in [5.41, 5.74) is 0. The standard InChI is InChI=1S/C11H18O6/c1-5-14-9(12)7-6-8(10(13-4)15-7)17-11(2,3)16-6/h6-8,10H,5H2,1-4H3. The van der Waals surface area contributed by atoms with E-state index in [1.54, 1.807) is 20.8 Å². The second-order valence-electron chi connectivity index (χ2n) is 4.48. The summed E-state index contributed by atoms with van der Waals surface area (Å²) in [5.74, 6) is -1.18. The highest BCUT2D eigenvalue weighted by Crippen LogP contribution is 2.39. The average molecular weight is 246 g/mol. The van der Waals surface area contributed by atoms with Gasteiger partial charge in [0, 0.05) is 7.11 Å². The highest BCUT2D eigenvalue weighted by molar-refractivity contribution is 5.76. The average Bonchev–Trinajstić information content (AvgIpc) is 2.71. The van der Waals surface area contributed by atoms with Crippen molar-refractivity contribution in [1.29, 1.82) is 0 Å². The summed E-state index contributed by atoms with van der Waals surface area (Å²) in [6.07, 6.45) is -2.26. The summed E-state index contributed by atoms with van der Waals surface area (Å²) in [6, 6.07) is 0. The molecule has 0 saturated carbocycles. The van der Waals surface area contributed by atoms with Crippen LogP contribution in [0.5, 0.6) is 0 Å². The minimum absolute atomic E-state index is 0.304. The van der Waals surface area contributed by atoms with E-state index in [1.807, 2.05) is 0 Å². The molecular formula is C11H18O6. The van der Waals surface area contributed by atoms with Gasteiger partial charge >= 0.3 is 5.97 Å². The van der Waals surface area contributed by atoms with Crippen molar-refractivity contribution < 1.29 is 28.5 Å². The number of rotatable bonds is 3. The maximum absolute atomic E-state index is 11.7. The zero-order valence-electron chi connectivity index (χ0n) is 10.5. The van der Waals surface area contributed by atoms with E-state index in [0.29, 0.717) is 6.61 Å². The van der Waals surface area contributed by atoms with Gasteiger partial charge in [0.2, 0.25) is 0 Å². The minimum atomic E-state index is -0.785. The molecule has 2 fully saturated rings. The van der Waals surface area contributed by atoms with E-state index in [1.165, 1.54) is 7.11 Å². The van der Waals surface area contributed by atoms with Crippen LogP contribution in [0.4, 0.5) is 0 Å². The third-order valence-electron chi connectivity index (χ3n) is 2.76. The molecule has 0 N–H and O–H groups in total. The monoisotopic (exact) mass is 246 g/mol. The van der Waals surface area contributed by atoms with Crippen LogP contribution >= 0.6 is 0 Å². The van der Waals surface area contributed by atoms with Gasteiger partial charge in [-0.2, -0.15) is 0 Å². The summed E-state index contributed by atoms with van der Waals surface area (Å²) >= 11 is 0. The smallest absolute Gasteiger partial charge is 0.338 e. The fraction of sp³-hybridized carbons (Fsp3) is 0.909. The van der Waals surface area contributed by atoms with Gasteiger partial charge in [0.15, 0.2) is 18.2 Å². The van der Waals surface area contributed by atoms with Crippen molar-refractivity contribution in [3.8, 4) is 0 Å². The van der Waals surface area contributed by atoms with E-state index in [4.69, 9.17) is 23.7 Å². The molecular weight excluding hydrogens is 228 g/mol. The predicted molar refractivity (Wildman–Crippen MR) is 56.1 cm³/mol. The molecule has 0 amide bonds. The molecule has 0 aromatic carbocycles. The SMILES string of the molecule is CCOC(=O)C1OC(OC)C2OC(C)(C)OC12. The number of ether oxygens (including phenoxy) is 5. The summed E-state index contributed by atoms with van der Waals surface area (Å²) in [7, 11) is 1.50. The molecule has 0 aliphatic carbocycles. The highest BCUT2D eigenvalue weighted by Gasteiger charge is 2.58. The molecule has 2 heterocycles. The normalized spacial score (nSPS) is 39.1. The fourth-order valence-electron chi connectivity index (χ4n) is 2.16. The van der Waals surface area contributed by atoms with Gasteiger partial charge in [-0.3, -0.25) is 0 Å². The summed E-state index contributed by atoms with van der Waals surface area (Å²) < 4.78 is 26.8. The first-order chi connectivity index (χ1) is 7.98. The Morgan fingerprint density at radius 2 is 1.94 bits per heavy atom. The number of carbonyl (C=O) groups excluding carboxylic acids is 1. The maximum atomic E-state index is 11.7. The first-order valence-corrected chi connectivity index (χ1v) is 5.69. The molecule has 4 unspecified atom stereocenters. The molecule has 6 nitrogen and oxygen atoms in total. The molecule has 4 atom stereocenters. The Balaban J connectivity index is 2.12. The lowest BCUT2D eigenvalue weighted by atomic mass is 10.1. The molecule has 2 aliphatic rings. The third kappa shape index (κ3) is 2.30. The van der Waals surface area contributed by atoms with Crippen molar-refractivity contribution in [2.75, 3.05) is 13.7 Å². The van der Waals surface area contributed by atoms with E-state index in [2.05, 4.69) is 0 Å². The van der Waals surface area contributed by atoms with Crippen LogP contribution in [0.2, 0.25) is 0 Å². The molecule has 0 aromatic rings. The second kappa shape index (κ2) is 4.53. The maximum Gasteiger partial charge on any atom is 0.338 e. The van der Waals surface area contributed by atoms with Crippen molar-refractivity contribution in [3.05, 3.63) is 0 Å². The van der Waals surface area contributed by atoms with Crippen LogP contribution in [0.15, 0.2) is 0 Å². The Labute approximate surface area is 100 Å². The van der Waals surface area contributed by atoms with Crippen molar-refractivity contribution in [1.82, 2.24) is 0 Å². The van der Waals surface area contributed by atoms with Crippen molar-refractivity contribution in [2.45, 2.75) is 51.2 Å². The third-order valence-corrected chi connectivity index (χ3v) is 2.76. The van der Waals surface area contributed by atoms with Crippen molar-refractivity contribution in [2.24, 2.45) is 0 Å². The molecule has 0 bridgehead atoms. The fourth-order valence-corrected chi connectivity index (χ4v) is 2.16. The first kappa shape index (κ1) is 12.8. The Morgan fingerprint density at radius 3 is 2.53 bits per heavy atom. The van der Waals surface area contributed by atoms with Crippen LogP contribution in [-0.2, 0) is 28.5 Å². The molecule has 6 heteroatoms. The molecule has 0 radical (unpaired) electrons. The van der Waals surface area contributed by atoms with E-state index >= 15 is 0 Å². The Bertz CT molecular complexity index is 302. The van der Waals surface area contributed by atoms with Gasteiger partial charge in [0.1, 0.15) is 12.2 Å². The zero-order chi connectivity index (χ0) is 12.6. The molecule has 2 saturated heterocycles. The van der Waals surface area contributed by atoms with Crippen molar-refractivity contribution in [3.63, 3.8) is 0 Å². The predicted octanol–water partition coefficient (Wildman–Crippen LogP) is 0.441. The molecule has 2 aliphatic heterocycles. The van der Waals surface area contributed by atoms with E-state index in [-0.39, 0.29) is 0 Å². The first-order valence-electron chi connectivity index (χ1n) is 5.69. The number of carbonyl (C=O) groups is 1. The van der Waals surface area contributed by atoms with Gasteiger partial charge in [-0.25, -0.2) is 4.79 Å². The van der Waals surface area contributed by atoms with E-state index in [9.17, 15) is 4.79 Å². The molecule has 17 heavy (non-hydrogen) atoms. The molecule has 0 aromatic heterocycles. The minimum Gasteiger partial charge on any atom is -0.464 e. The lowest BCUT2D eigenvalue weighted by Gasteiger charge is -2.22. The number of methoxy groups -OCH3 is 1. The molecule has 0 spiro atoms. The highest BCUT2D eigenvalue weighted by atomic mass is 16.8. The number of hydrogen-bond donors (Lipinski definition) is 0. The zero-order valence-corrected chi connectivity index (χ0v) is 10.5. The summed E-state index contributed by atoms with van der Waals surface area (Å²) in [4.78, 5) is 11.7. The quantitative estimate of drug-likeness (QED) is 0.673. The molecule has 98 valence electrons. The summed E-state index contributed by atoms with van der Waals surface area (Å²) in [6.45, 7) is 5.63. The van der Waals surface area contributed by atoms with Crippen molar-refractivity contribution >= 4 is 5.97 Å². The Kier molecular flexibility index (Phi) is 3.40. The van der Waals surface area contributed by atoms with Gasteiger partial charge in [0.05, 0.1) is 6.61 Å². The van der Waals surface area contributed by atoms with Crippen LogP contribution in [0.3, 0.4) is 0 Å². The van der Waals surface area contributed by atoms with Gasteiger partial charge in [-0.15, -0.1) is 0 Å². The Morgan fingerprint density at radius 1 is 1.29 bits per heavy atom. The Hall–Kier alpha value is -0.690. The lowest BCUT2D eigenvalue weighted by Crippen LogP contribution is -2.36. The summed E-state index contributed by atoms with van der Waals surface area (Å²) in [5, 5.41) is 0. The van der Waals surface area contributed by atoms with Gasteiger partial charge in [0.25, 0.3) is 0 Å². The number of fused-ring (bicyclic) bond motifs is 1. The second-order valence-corrected chi connectivity index (χ2v) is 4.48. The van der Waals surface area contributed by atoms with E-state index < -0.39 is 36.4 Å². The van der Waals surface area contributed by atoms with Crippen LogP contribution in [0.25, 0.3) is 0 Å². The number of esters is 1. The topological polar surface area (TPSA) is 63.2 Å². The molecule has 2 rings (SSSR count). The van der Waals surface area contributed by atoms with Crippen LogP contribution in [0.1, 0.15) is 20.8 Å². The largest absolute Gasteiger partial charge is 0.464 e. The van der Waals surface area contributed by atoms with Gasteiger partial charge in [-0.05, 0) is 20.8 Å². The van der Waals surface area contributed by atoms with Gasteiger partial charge < -0.3 is 23.7 Å². The van der Waals surface area contributed by atoms with Crippen LogP contribution in [-0.4, -0.2) is 50.1 Å².